The molecule has 2 heterocycles. The second kappa shape index (κ2) is 5.87. The van der Waals surface area contributed by atoms with Crippen molar-refractivity contribution in [2.75, 3.05) is 6.61 Å². The topological polar surface area (TPSA) is 18.5 Å². The Kier molecular flexibility index (Phi) is 4.16. The molecule has 2 aliphatic heterocycles. The molecule has 0 aromatic carbocycles. The molecule has 3 rings (SSSR count). The van der Waals surface area contributed by atoms with E-state index in [1.807, 2.05) is 6.26 Å². The molecule has 3 unspecified atom stereocenters. The zero-order chi connectivity index (χ0) is 13.1. The summed E-state index contributed by atoms with van der Waals surface area (Å²) in [7, 11) is 0. The molecule has 1 aliphatic carbocycles. The van der Waals surface area contributed by atoms with Gasteiger partial charge in [0.15, 0.2) is 0 Å². The molecular weight excluding hydrogens is 236 g/mol. The Balaban J connectivity index is 1.40. The van der Waals surface area contributed by atoms with Crippen LogP contribution in [0.5, 0.6) is 0 Å². The molecule has 0 aromatic heterocycles. The summed E-state index contributed by atoms with van der Waals surface area (Å²) in [6.45, 7) is 3.23. The summed E-state index contributed by atoms with van der Waals surface area (Å²) in [6.07, 6.45) is 16.0. The maximum absolute atomic E-state index is 6.06. The van der Waals surface area contributed by atoms with E-state index in [0.717, 1.165) is 6.61 Å². The van der Waals surface area contributed by atoms with Crippen molar-refractivity contribution < 1.29 is 9.47 Å². The Labute approximate surface area is 117 Å². The summed E-state index contributed by atoms with van der Waals surface area (Å²) in [5, 5.41) is 0. The molecule has 0 aromatic rings. The highest BCUT2D eigenvalue weighted by molar-refractivity contribution is 5.02. The molecule has 0 radical (unpaired) electrons. The van der Waals surface area contributed by atoms with Crippen LogP contribution in [0.15, 0.2) is 11.8 Å². The number of rotatable bonds is 6. The Morgan fingerprint density at radius 2 is 2.16 bits per heavy atom. The minimum Gasteiger partial charge on any atom is -0.501 e. The van der Waals surface area contributed by atoms with Gasteiger partial charge in [0.25, 0.3) is 0 Å². The average Bonchev–Trinajstić information content (AvgIpc) is 3.15. The first-order chi connectivity index (χ1) is 9.32. The highest BCUT2D eigenvalue weighted by atomic mass is 16.5. The van der Waals surface area contributed by atoms with Gasteiger partial charge in [0.2, 0.25) is 0 Å². The van der Waals surface area contributed by atoms with Crippen molar-refractivity contribution in [3.05, 3.63) is 11.8 Å². The molecule has 3 aliphatic rings. The molecule has 3 atom stereocenters. The lowest BCUT2D eigenvalue weighted by molar-refractivity contribution is 0.0502. The molecule has 2 nitrogen and oxygen atoms in total. The summed E-state index contributed by atoms with van der Waals surface area (Å²) in [5.74, 6) is 0. The first-order valence-electron chi connectivity index (χ1n) is 8.27. The molecular formula is C17H28O2. The summed E-state index contributed by atoms with van der Waals surface area (Å²) in [6, 6.07) is 0. The molecule has 0 N–H and O–H groups in total. The predicted molar refractivity (Wildman–Crippen MR) is 77.0 cm³/mol. The van der Waals surface area contributed by atoms with Gasteiger partial charge in [0, 0.05) is 0 Å². The van der Waals surface area contributed by atoms with E-state index in [0.29, 0.717) is 17.6 Å². The lowest BCUT2D eigenvalue weighted by atomic mass is 9.69. The van der Waals surface area contributed by atoms with Crippen LogP contribution in [-0.2, 0) is 9.47 Å². The quantitative estimate of drug-likeness (QED) is 0.516. The van der Waals surface area contributed by atoms with Gasteiger partial charge < -0.3 is 9.47 Å². The second-order valence-corrected chi connectivity index (χ2v) is 6.70. The number of hydrogen-bond acceptors (Lipinski definition) is 2. The molecule has 0 spiro atoms. The van der Waals surface area contributed by atoms with Gasteiger partial charge in [-0.05, 0) is 75.2 Å². The van der Waals surface area contributed by atoms with Gasteiger partial charge in [-0.3, -0.25) is 0 Å². The third kappa shape index (κ3) is 2.84. The van der Waals surface area contributed by atoms with Crippen LogP contribution in [0.2, 0.25) is 0 Å². The van der Waals surface area contributed by atoms with Crippen molar-refractivity contribution >= 4 is 0 Å². The third-order valence-electron chi connectivity index (χ3n) is 5.56. The van der Waals surface area contributed by atoms with Gasteiger partial charge >= 0.3 is 0 Å². The van der Waals surface area contributed by atoms with Crippen LogP contribution in [0, 0.1) is 5.41 Å². The standard InChI is InChI=1S/C17H28O2/c1-2-17(12-15-8-9-16(17)19-15)10-5-11-18-13-14-6-3-4-7-14/h13,15-16H,2-12H2,1H3. The fraction of sp³-hybridized carbons (Fsp3) is 0.882. The minimum atomic E-state index is 0.479. The van der Waals surface area contributed by atoms with E-state index in [1.54, 1.807) is 0 Å². The normalized spacial score (nSPS) is 37.0. The summed E-state index contributed by atoms with van der Waals surface area (Å²) in [5.41, 5.74) is 2.00. The average molecular weight is 264 g/mol. The Bertz CT molecular complexity index is 328. The van der Waals surface area contributed by atoms with Crippen LogP contribution in [0.25, 0.3) is 0 Å². The number of fused-ring (bicyclic) bond motifs is 2. The largest absolute Gasteiger partial charge is 0.501 e. The molecule has 0 amide bonds. The van der Waals surface area contributed by atoms with Crippen LogP contribution in [0.3, 0.4) is 0 Å². The van der Waals surface area contributed by atoms with E-state index >= 15 is 0 Å². The lowest BCUT2D eigenvalue weighted by Crippen LogP contribution is -2.32. The van der Waals surface area contributed by atoms with Gasteiger partial charge in [-0.2, -0.15) is 0 Å². The maximum atomic E-state index is 6.06. The molecule has 1 saturated carbocycles. The Morgan fingerprint density at radius 1 is 1.32 bits per heavy atom. The summed E-state index contributed by atoms with van der Waals surface area (Å²) < 4.78 is 11.8. The first-order valence-corrected chi connectivity index (χ1v) is 8.27. The molecule has 3 fully saturated rings. The first kappa shape index (κ1) is 13.5. The zero-order valence-corrected chi connectivity index (χ0v) is 12.3. The van der Waals surface area contributed by atoms with Gasteiger partial charge in [0.1, 0.15) is 0 Å². The van der Waals surface area contributed by atoms with E-state index < -0.39 is 0 Å². The summed E-state index contributed by atoms with van der Waals surface area (Å²) >= 11 is 0. The van der Waals surface area contributed by atoms with Crippen molar-refractivity contribution in [2.24, 2.45) is 5.41 Å². The lowest BCUT2D eigenvalue weighted by Gasteiger charge is -2.34. The smallest absolute Gasteiger partial charge is 0.0873 e. The number of allylic oxidation sites excluding steroid dienone is 1. The van der Waals surface area contributed by atoms with Gasteiger partial charge in [-0.25, -0.2) is 0 Å². The van der Waals surface area contributed by atoms with Gasteiger partial charge in [-0.1, -0.05) is 6.92 Å². The summed E-state index contributed by atoms with van der Waals surface area (Å²) in [4.78, 5) is 0. The molecule has 2 bridgehead atoms. The van der Waals surface area contributed by atoms with Crippen LogP contribution in [0.1, 0.15) is 71.1 Å². The van der Waals surface area contributed by atoms with Crippen LogP contribution in [0.4, 0.5) is 0 Å². The van der Waals surface area contributed by atoms with Gasteiger partial charge in [-0.15, -0.1) is 0 Å². The fourth-order valence-corrected chi connectivity index (χ4v) is 4.33. The minimum absolute atomic E-state index is 0.479. The van der Waals surface area contributed by atoms with Crippen molar-refractivity contribution in [3.8, 4) is 0 Å². The SMILES string of the molecule is CCC1(CCCOC=C2CCCC2)CC2CCC1O2. The predicted octanol–water partition coefficient (Wildman–Crippen LogP) is 4.59. The maximum Gasteiger partial charge on any atom is 0.0873 e. The van der Waals surface area contributed by atoms with E-state index in [-0.39, 0.29) is 0 Å². The zero-order valence-electron chi connectivity index (χ0n) is 12.3. The van der Waals surface area contributed by atoms with E-state index in [4.69, 9.17) is 9.47 Å². The van der Waals surface area contributed by atoms with E-state index in [9.17, 15) is 0 Å². The number of ether oxygens (including phenoxy) is 2. The van der Waals surface area contributed by atoms with Crippen molar-refractivity contribution in [3.63, 3.8) is 0 Å². The van der Waals surface area contributed by atoms with Crippen LogP contribution in [-0.4, -0.2) is 18.8 Å². The van der Waals surface area contributed by atoms with E-state index in [1.165, 1.54) is 69.8 Å². The Morgan fingerprint density at radius 3 is 2.79 bits per heavy atom. The van der Waals surface area contributed by atoms with Crippen LogP contribution >= 0.6 is 0 Å². The van der Waals surface area contributed by atoms with Gasteiger partial charge in [0.05, 0.1) is 25.1 Å². The molecule has 2 heteroatoms. The van der Waals surface area contributed by atoms with Crippen LogP contribution < -0.4 is 0 Å². The van der Waals surface area contributed by atoms with E-state index in [2.05, 4.69) is 6.92 Å². The molecule has 19 heavy (non-hydrogen) atoms. The van der Waals surface area contributed by atoms with Crippen molar-refractivity contribution in [2.45, 2.75) is 83.3 Å². The molecule has 2 saturated heterocycles. The fourth-order valence-electron chi connectivity index (χ4n) is 4.33. The second-order valence-electron chi connectivity index (χ2n) is 6.70. The number of hydrogen-bond donors (Lipinski definition) is 0. The highest BCUT2D eigenvalue weighted by Crippen LogP contribution is 2.52. The Hall–Kier alpha value is -0.500. The molecule has 108 valence electrons. The third-order valence-corrected chi connectivity index (χ3v) is 5.56. The highest BCUT2D eigenvalue weighted by Gasteiger charge is 2.50. The monoisotopic (exact) mass is 264 g/mol. The van der Waals surface area contributed by atoms with Crippen molar-refractivity contribution in [1.82, 2.24) is 0 Å². The van der Waals surface area contributed by atoms with Crippen molar-refractivity contribution in [1.29, 1.82) is 0 Å².